The first-order chi connectivity index (χ1) is 10.7. The summed E-state index contributed by atoms with van der Waals surface area (Å²) in [5, 5.41) is 12.7. The Labute approximate surface area is 142 Å². The van der Waals surface area contributed by atoms with Crippen LogP contribution in [0.4, 0.5) is 19.0 Å². The molecule has 0 fully saturated rings. The highest BCUT2D eigenvalue weighted by Gasteiger charge is 2.32. The molecule has 1 aromatic heterocycles. The number of alkyl halides is 3. The Morgan fingerprint density at radius 1 is 1.35 bits per heavy atom. The summed E-state index contributed by atoms with van der Waals surface area (Å²) in [7, 11) is 0. The summed E-state index contributed by atoms with van der Waals surface area (Å²) in [6, 6.07) is 3.73. The molecule has 0 unspecified atom stereocenters. The van der Waals surface area contributed by atoms with Crippen molar-refractivity contribution in [3.8, 4) is 17.5 Å². The van der Waals surface area contributed by atoms with E-state index in [9.17, 15) is 13.2 Å². The fourth-order valence-corrected chi connectivity index (χ4v) is 3.00. The van der Waals surface area contributed by atoms with Gasteiger partial charge in [-0.15, -0.1) is 24.9 Å². The van der Waals surface area contributed by atoms with Gasteiger partial charge in [0.1, 0.15) is 23.3 Å². The number of anilines is 1. The number of benzene rings is 1. The first-order valence-corrected chi connectivity index (χ1v) is 7.73. The van der Waals surface area contributed by atoms with Crippen molar-refractivity contribution in [1.82, 2.24) is 9.78 Å². The molecule has 0 saturated carbocycles. The lowest BCUT2D eigenvalue weighted by molar-refractivity contribution is -0.274. The van der Waals surface area contributed by atoms with Crippen LogP contribution >= 0.6 is 35.0 Å². The van der Waals surface area contributed by atoms with Crippen LogP contribution in [-0.4, -0.2) is 22.4 Å². The SMILES string of the molecule is CSc1c(C#N)nn(-c2c(Cl)cc(OC(F)(F)F)cc2Cl)c1N. The number of thioether (sulfide) groups is 1. The van der Waals surface area contributed by atoms with E-state index in [1.165, 1.54) is 11.8 Å². The maximum Gasteiger partial charge on any atom is 0.573 e. The molecule has 2 rings (SSSR count). The third-order valence-electron chi connectivity index (χ3n) is 2.62. The van der Waals surface area contributed by atoms with Gasteiger partial charge in [0.15, 0.2) is 5.69 Å². The summed E-state index contributed by atoms with van der Waals surface area (Å²) in [5.74, 6) is -0.477. The largest absolute Gasteiger partial charge is 0.573 e. The van der Waals surface area contributed by atoms with Crippen LogP contribution in [0.25, 0.3) is 5.69 Å². The minimum absolute atomic E-state index is 0.0529. The van der Waals surface area contributed by atoms with E-state index in [-0.39, 0.29) is 27.2 Å². The van der Waals surface area contributed by atoms with Gasteiger partial charge < -0.3 is 10.5 Å². The summed E-state index contributed by atoms with van der Waals surface area (Å²) in [6.45, 7) is 0. The molecule has 0 atom stereocenters. The van der Waals surface area contributed by atoms with Crippen molar-refractivity contribution in [2.24, 2.45) is 0 Å². The molecule has 0 radical (unpaired) electrons. The van der Waals surface area contributed by atoms with Crippen molar-refractivity contribution in [1.29, 1.82) is 5.26 Å². The first-order valence-electron chi connectivity index (χ1n) is 5.75. The van der Waals surface area contributed by atoms with Crippen LogP contribution in [0, 0.1) is 11.3 Å². The Morgan fingerprint density at radius 3 is 2.30 bits per heavy atom. The zero-order chi connectivity index (χ0) is 17.4. The topological polar surface area (TPSA) is 76.9 Å². The van der Waals surface area contributed by atoms with Gasteiger partial charge in [-0.2, -0.15) is 10.4 Å². The number of rotatable bonds is 3. The molecule has 11 heteroatoms. The van der Waals surface area contributed by atoms with Crippen LogP contribution < -0.4 is 10.5 Å². The van der Waals surface area contributed by atoms with Gasteiger partial charge in [0.05, 0.1) is 14.9 Å². The molecular formula is C12H7Cl2F3N4OS. The molecule has 1 heterocycles. The second-order valence-electron chi connectivity index (χ2n) is 4.07. The molecule has 0 aliphatic carbocycles. The molecule has 0 aliphatic rings. The summed E-state index contributed by atoms with van der Waals surface area (Å²) >= 11 is 13.2. The molecular weight excluding hydrogens is 376 g/mol. The highest BCUT2D eigenvalue weighted by Crippen LogP contribution is 2.38. The molecule has 23 heavy (non-hydrogen) atoms. The number of hydrogen-bond acceptors (Lipinski definition) is 5. The van der Waals surface area contributed by atoms with E-state index in [0.717, 1.165) is 16.8 Å². The van der Waals surface area contributed by atoms with E-state index in [2.05, 4.69) is 9.84 Å². The lowest BCUT2D eigenvalue weighted by Gasteiger charge is -2.13. The van der Waals surface area contributed by atoms with Gasteiger partial charge in [-0.1, -0.05) is 23.2 Å². The molecule has 0 amide bonds. The maximum atomic E-state index is 12.3. The summed E-state index contributed by atoms with van der Waals surface area (Å²) in [4.78, 5) is 0.412. The summed E-state index contributed by atoms with van der Waals surface area (Å²) < 4.78 is 41.6. The van der Waals surface area contributed by atoms with Crippen LogP contribution in [-0.2, 0) is 0 Å². The lowest BCUT2D eigenvalue weighted by Crippen LogP contribution is -2.17. The van der Waals surface area contributed by atoms with Crippen LogP contribution in [0.1, 0.15) is 5.69 Å². The molecule has 122 valence electrons. The van der Waals surface area contributed by atoms with Crippen LogP contribution in [0.3, 0.4) is 0 Å². The summed E-state index contributed by atoms with van der Waals surface area (Å²) in [5.41, 5.74) is 6.01. The van der Waals surface area contributed by atoms with Gasteiger partial charge in [0, 0.05) is 12.1 Å². The third kappa shape index (κ3) is 3.60. The smallest absolute Gasteiger partial charge is 0.406 e. The molecule has 5 nitrogen and oxygen atoms in total. The number of nitrogens with two attached hydrogens (primary N) is 1. The van der Waals surface area contributed by atoms with Crippen molar-refractivity contribution in [2.75, 3.05) is 12.0 Å². The van der Waals surface area contributed by atoms with Crippen molar-refractivity contribution in [3.05, 3.63) is 27.9 Å². The van der Waals surface area contributed by atoms with E-state index in [1.807, 2.05) is 6.07 Å². The number of ether oxygens (including phenoxy) is 1. The maximum absolute atomic E-state index is 12.3. The average molecular weight is 383 g/mol. The highest BCUT2D eigenvalue weighted by molar-refractivity contribution is 7.98. The standard InChI is InChI=1S/C12H7Cl2F3N4OS/c1-23-10-8(4-18)20-21(11(10)19)9-6(13)2-5(3-7(9)14)22-12(15,16)17/h2-3H,19H2,1H3. The van der Waals surface area contributed by atoms with E-state index >= 15 is 0 Å². The molecule has 1 aromatic carbocycles. The highest BCUT2D eigenvalue weighted by atomic mass is 35.5. The Kier molecular flexibility index (Phi) is 4.89. The Hall–Kier alpha value is -1.76. The van der Waals surface area contributed by atoms with Gasteiger partial charge in [0.2, 0.25) is 0 Å². The number of nitrogens with zero attached hydrogens (tertiary/aromatic N) is 3. The molecule has 0 spiro atoms. The predicted octanol–water partition coefficient (Wildman–Crippen LogP) is 4.25. The number of aromatic nitrogens is 2. The van der Waals surface area contributed by atoms with Gasteiger partial charge in [-0.3, -0.25) is 0 Å². The molecule has 2 aromatic rings. The van der Waals surface area contributed by atoms with Crippen molar-refractivity contribution in [3.63, 3.8) is 0 Å². The second kappa shape index (κ2) is 6.39. The quantitative estimate of drug-likeness (QED) is 0.802. The third-order valence-corrected chi connectivity index (χ3v) is 4.01. The predicted molar refractivity (Wildman–Crippen MR) is 81.2 cm³/mol. The lowest BCUT2D eigenvalue weighted by atomic mass is 10.3. The van der Waals surface area contributed by atoms with Crippen LogP contribution in [0.2, 0.25) is 10.0 Å². The van der Waals surface area contributed by atoms with E-state index in [0.29, 0.717) is 4.90 Å². The van der Waals surface area contributed by atoms with E-state index in [4.69, 9.17) is 34.2 Å². The zero-order valence-electron chi connectivity index (χ0n) is 11.3. The Bertz CT molecular complexity index is 778. The van der Waals surface area contributed by atoms with Crippen molar-refractivity contribution >= 4 is 40.8 Å². The van der Waals surface area contributed by atoms with Gasteiger partial charge in [-0.05, 0) is 6.26 Å². The fraction of sp³-hybridized carbons (Fsp3) is 0.167. The number of nitriles is 1. The first kappa shape index (κ1) is 17.6. The van der Waals surface area contributed by atoms with Crippen LogP contribution in [0.15, 0.2) is 17.0 Å². The summed E-state index contributed by atoms with van der Waals surface area (Å²) in [6.07, 6.45) is -3.18. The minimum atomic E-state index is -4.88. The number of halogens is 5. The van der Waals surface area contributed by atoms with Gasteiger partial charge in [-0.25, -0.2) is 4.68 Å². The molecule has 0 saturated heterocycles. The molecule has 0 bridgehead atoms. The normalized spacial score (nSPS) is 11.3. The van der Waals surface area contributed by atoms with Crippen LogP contribution in [0.5, 0.6) is 5.75 Å². The van der Waals surface area contributed by atoms with E-state index < -0.39 is 12.1 Å². The monoisotopic (exact) mass is 382 g/mol. The molecule has 2 N–H and O–H groups in total. The van der Waals surface area contributed by atoms with Gasteiger partial charge in [0.25, 0.3) is 0 Å². The second-order valence-corrected chi connectivity index (χ2v) is 5.70. The number of nitrogen functional groups attached to an aromatic ring is 1. The Morgan fingerprint density at radius 2 is 1.91 bits per heavy atom. The minimum Gasteiger partial charge on any atom is -0.406 e. The fourth-order valence-electron chi connectivity index (χ4n) is 1.80. The Balaban J connectivity index is 2.58. The van der Waals surface area contributed by atoms with Crippen molar-refractivity contribution < 1.29 is 17.9 Å². The van der Waals surface area contributed by atoms with Crippen molar-refractivity contribution in [2.45, 2.75) is 11.3 Å². The van der Waals surface area contributed by atoms with E-state index in [1.54, 1.807) is 6.26 Å². The zero-order valence-corrected chi connectivity index (χ0v) is 13.6. The van der Waals surface area contributed by atoms with Gasteiger partial charge >= 0.3 is 6.36 Å². The number of hydrogen-bond donors (Lipinski definition) is 1. The molecule has 0 aliphatic heterocycles. The average Bonchev–Trinajstić information content (AvgIpc) is 2.72.